The second-order valence-electron chi connectivity index (χ2n) is 0.365. The minimum atomic E-state index is 0. The molecule has 14 heavy (non-hydrogen) atoms. The Kier molecular flexibility index (Phi) is 218. The van der Waals surface area contributed by atoms with Crippen LogP contribution in [0.3, 0.4) is 0 Å². The summed E-state index contributed by atoms with van der Waals surface area (Å²) in [6, 6.07) is 0. The molecule has 0 N–H and O–H groups in total. The second-order valence-corrected chi connectivity index (χ2v) is 1.10. The summed E-state index contributed by atoms with van der Waals surface area (Å²) < 4.78 is 0. The van der Waals surface area contributed by atoms with Crippen molar-refractivity contribution in [3.05, 3.63) is 21.6 Å². The first kappa shape index (κ1) is 36.1. The molecule has 0 aliphatic carbocycles. The van der Waals surface area contributed by atoms with E-state index in [1.807, 2.05) is 0 Å². The van der Waals surface area contributed by atoms with Crippen LogP contribution in [0.4, 0.5) is 0 Å². The predicted octanol–water partition coefficient (Wildman–Crippen LogP) is -0.742. The third-order valence-electron chi connectivity index (χ3n) is 0. The van der Waals surface area contributed by atoms with Gasteiger partial charge in [-0.1, -0.05) is 48.9 Å². The van der Waals surface area contributed by atoms with Gasteiger partial charge in [0.25, 0.3) is 0 Å². The van der Waals surface area contributed by atoms with E-state index >= 15 is 0 Å². The van der Waals surface area contributed by atoms with Crippen molar-refractivity contribution >= 4 is 95.7 Å². The Morgan fingerprint density at radius 3 is 0.571 bits per heavy atom. The number of rotatable bonds is 0. The van der Waals surface area contributed by atoms with Crippen molar-refractivity contribution < 1.29 is 51.4 Å². The fourth-order valence-electron chi connectivity index (χ4n) is 0. The number of hydrogen-bond acceptors (Lipinski definition) is 4. The van der Waals surface area contributed by atoms with Gasteiger partial charge >= 0.3 is 77.6 Å². The Balaban J connectivity index is -0.0000000145. The van der Waals surface area contributed by atoms with Crippen molar-refractivity contribution in [2.45, 2.75) is 0 Å². The molecule has 0 aromatic rings. The average molecular weight is 480 g/mol. The number of isothiocyanates is 4. The summed E-state index contributed by atoms with van der Waals surface area (Å²) in [5.41, 5.74) is 0. The van der Waals surface area contributed by atoms with E-state index in [2.05, 4.69) is 48.9 Å². The second kappa shape index (κ2) is 84.7. The van der Waals surface area contributed by atoms with Crippen LogP contribution in [0.2, 0.25) is 0 Å². The van der Waals surface area contributed by atoms with Gasteiger partial charge < -0.3 is 21.6 Å². The molecule has 0 bridgehead atoms. The Hall–Kier alpha value is 1.72. The normalized spacial score (nSPS) is 2.29. The summed E-state index contributed by atoms with van der Waals surface area (Å²) in [5, 5.41) is 33.9. The van der Waals surface area contributed by atoms with Crippen LogP contribution in [0.15, 0.2) is 0 Å². The van der Waals surface area contributed by atoms with E-state index in [1.165, 1.54) is 20.6 Å². The van der Waals surface area contributed by atoms with Crippen LogP contribution in [-0.4, -0.2) is 46.8 Å². The largest absolute Gasteiger partial charge is 3.00 e. The number of nitrogens with zero attached hydrogens (tertiary/aromatic N) is 4. The number of hydrogen-bond donors (Lipinski definition) is 0. The standard InChI is InChI=1S/4CNS.Bi.K/c4*2-1-3;;/q4*-1;+3;+1. The van der Waals surface area contributed by atoms with Gasteiger partial charge in [-0.15, -0.1) is 0 Å². The SMILES string of the molecule is [Bi+3].[K+].[N-]=C=S.[N-]=C=S.[N-]=C=S.[N-]=C=S. The van der Waals surface area contributed by atoms with Gasteiger partial charge in [-0.05, 0) is 0 Å². The molecule has 0 heterocycles. The molecule has 0 aliphatic rings. The first-order valence-corrected chi connectivity index (χ1v) is 3.34. The molecule has 0 aliphatic heterocycles. The van der Waals surface area contributed by atoms with E-state index in [1.54, 1.807) is 0 Å². The first-order chi connectivity index (χ1) is 5.66. The molecule has 4 nitrogen and oxygen atoms in total. The summed E-state index contributed by atoms with van der Waals surface area (Å²) in [4.78, 5) is 0. The zero-order chi connectivity index (χ0) is 10.8. The van der Waals surface area contributed by atoms with Gasteiger partial charge in [0.2, 0.25) is 0 Å². The van der Waals surface area contributed by atoms with E-state index < -0.39 is 0 Å². The maximum Gasteiger partial charge on any atom is 3.00 e. The van der Waals surface area contributed by atoms with Crippen molar-refractivity contribution in [3.8, 4) is 0 Å². The van der Waals surface area contributed by atoms with E-state index in [0.717, 1.165) is 0 Å². The summed E-state index contributed by atoms with van der Waals surface area (Å²) in [5.74, 6) is 0. The van der Waals surface area contributed by atoms with Crippen LogP contribution in [0.1, 0.15) is 0 Å². The van der Waals surface area contributed by atoms with Crippen LogP contribution in [0.5, 0.6) is 0 Å². The smallest absolute Gasteiger partial charge is 0.753 e. The third kappa shape index (κ3) is 751. The van der Waals surface area contributed by atoms with Gasteiger partial charge in [0.05, 0.1) is 0 Å². The van der Waals surface area contributed by atoms with Gasteiger partial charge in [0.1, 0.15) is 0 Å². The predicted molar refractivity (Wildman–Crippen MR) is 69.6 cm³/mol. The fraction of sp³-hybridized carbons (Fsp3) is 0. The molecule has 0 spiro atoms. The van der Waals surface area contributed by atoms with Crippen molar-refractivity contribution in [3.63, 3.8) is 0 Å². The van der Waals surface area contributed by atoms with Crippen molar-refractivity contribution in [2.75, 3.05) is 0 Å². The summed E-state index contributed by atoms with van der Waals surface area (Å²) in [6.45, 7) is 0. The Morgan fingerprint density at radius 2 is 0.571 bits per heavy atom. The van der Waals surface area contributed by atoms with Crippen molar-refractivity contribution in [1.82, 2.24) is 0 Å². The molecule has 0 rings (SSSR count). The fourth-order valence-corrected chi connectivity index (χ4v) is 0. The quantitative estimate of drug-likeness (QED) is 0.260. The molecule has 2 radical (unpaired) electrons. The molecule has 10 heteroatoms. The minimum absolute atomic E-state index is 0. The van der Waals surface area contributed by atoms with Gasteiger partial charge in [0.15, 0.2) is 0 Å². The van der Waals surface area contributed by atoms with Gasteiger partial charge in [-0.2, -0.15) is 20.6 Å². The van der Waals surface area contributed by atoms with Crippen LogP contribution >= 0.6 is 48.9 Å². The maximum absolute atomic E-state index is 7.13. The molecule has 0 saturated carbocycles. The molecule has 0 saturated heterocycles. The molecular formula is C4BiKN4S4. The molecule has 0 aromatic carbocycles. The van der Waals surface area contributed by atoms with E-state index in [4.69, 9.17) is 21.6 Å². The molecule has 66 valence electrons. The van der Waals surface area contributed by atoms with Crippen LogP contribution in [0.25, 0.3) is 21.6 Å². The molecule has 0 aromatic heterocycles. The maximum atomic E-state index is 7.13. The summed E-state index contributed by atoms with van der Waals surface area (Å²) in [6.07, 6.45) is 0. The van der Waals surface area contributed by atoms with Crippen LogP contribution < -0.4 is 51.4 Å². The van der Waals surface area contributed by atoms with Gasteiger partial charge in [-0.25, -0.2) is 0 Å². The minimum Gasteiger partial charge on any atom is -0.753 e. The number of thiocarbonyl (C=S) groups is 4. The Bertz CT molecular complexity index is 161. The van der Waals surface area contributed by atoms with Crippen LogP contribution in [-0.2, 0) is 0 Å². The first-order valence-electron chi connectivity index (χ1n) is 1.71. The molecule has 0 unspecified atom stereocenters. The monoisotopic (exact) mass is 480 g/mol. The molecular weight excluding hydrogens is 480 g/mol. The zero-order valence-corrected chi connectivity index (χ0v) is 16.7. The van der Waals surface area contributed by atoms with Gasteiger partial charge in [-0.3, -0.25) is 0 Å². The van der Waals surface area contributed by atoms with Gasteiger partial charge in [0, 0.05) is 0 Å². The third-order valence-corrected chi connectivity index (χ3v) is 0. The summed E-state index contributed by atoms with van der Waals surface area (Å²) >= 11 is 14.8. The van der Waals surface area contributed by atoms with Crippen LogP contribution in [0, 0.1) is 0 Å². The average Bonchev–Trinajstić information content (AvgIpc) is 1.92. The van der Waals surface area contributed by atoms with Crippen molar-refractivity contribution in [1.29, 1.82) is 0 Å². The summed E-state index contributed by atoms with van der Waals surface area (Å²) in [7, 11) is 0. The topological polar surface area (TPSA) is 89.2 Å². The zero-order valence-electron chi connectivity index (χ0n) is 6.87. The molecule has 0 amide bonds. The Morgan fingerprint density at radius 1 is 0.571 bits per heavy atom. The Labute approximate surface area is 165 Å². The van der Waals surface area contributed by atoms with E-state index in [0.29, 0.717) is 0 Å². The van der Waals surface area contributed by atoms with Crippen molar-refractivity contribution in [2.24, 2.45) is 0 Å². The molecule has 0 atom stereocenters. The van der Waals surface area contributed by atoms with E-state index in [-0.39, 0.29) is 77.6 Å². The van der Waals surface area contributed by atoms with E-state index in [9.17, 15) is 0 Å². The molecule has 0 fully saturated rings.